The van der Waals surface area contributed by atoms with Gasteiger partial charge in [-0.15, -0.1) is 22.7 Å². The van der Waals surface area contributed by atoms with E-state index in [0.717, 1.165) is 26.7 Å². The SMILES string of the molecule is CCCCC(CC)COC(=O)c1cc2csc(Br)c2s1. The van der Waals surface area contributed by atoms with Gasteiger partial charge in [-0.3, -0.25) is 0 Å². The van der Waals surface area contributed by atoms with Gasteiger partial charge in [-0.1, -0.05) is 33.1 Å². The summed E-state index contributed by atoms with van der Waals surface area (Å²) in [5.74, 6) is 0.309. The molecular formula is C15H19BrO2S2. The van der Waals surface area contributed by atoms with E-state index in [0.29, 0.717) is 17.4 Å². The molecule has 0 aliphatic carbocycles. The summed E-state index contributed by atoms with van der Waals surface area (Å²) < 4.78 is 7.70. The molecule has 2 heterocycles. The number of carbonyl (C=O) groups is 1. The first-order valence-electron chi connectivity index (χ1n) is 6.99. The van der Waals surface area contributed by atoms with E-state index in [1.807, 2.05) is 6.07 Å². The van der Waals surface area contributed by atoms with Crippen LogP contribution in [0.2, 0.25) is 0 Å². The van der Waals surface area contributed by atoms with Gasteiger partial charge >= 0.3 is 5.97 Å². The molecule has 110 valence electrons. The number of thiophene rings is 2. The third kappa shape index (κ3) is 3.83. The molecule has 20 heavy (non-hydrogen) atoms. The first-order chi connectivity index (χ1) is 9.65. The molecule has 2 aromatic rings. The van der Waals surface area contributed by atoms with Crippen LogP contribution < -0.4 is 0 Å². The van der Waals surface area contributed by atoms with Crippen molar-refractivity contribution >= 4 is 54.7 Å². The van der Waals surface area contributed by atoms with Gasteiger partial charge in [0.25, 0.3) is 0 Å². The Morgan fingerprint density at radius 1 is 1.45 bits per heavy atom. The van der Waals surface area contributed by atoms with E-state index in [1.54, 1.807) is 11.3 Å². The lowest BCUT2D eigenvalue weighted by atomic mass is 10.0. The molecular weight excluding hydrogens is 356 g/mol. The number of halogens is 1. The zero-order valence-electron chi connectivity index (χ0n) is 11.8. The van der Waals surface area contributed by atoms with Crippen molar-refractivity contribution in [2.24, 2.45) is 5.92 Å². The fourth-order valence-electron chi connectivity index (χ4n) is 2.08. The Hall–Kier alpha value is -0.390. The van der Waals surface area contributed by atoms with Crippen LogP contribution in [0.5, 0.6) is 0 Å². The predicted octanol–water partition coefficient (Wildman–Crippen LogP) is 6.10. The molecule has 1 unspecified atom stereocenters. The van der Waals surface area contributed by atoms with Gasteiger partial charge < -0.3 is 4.74 Å². The topological polar surface area (TPSA) is 26.3 Å². The molecule has 1 atom stereocenters. The van der Waals surface area contributed by atoms with Crippen LogP contribution in [0.25, 0.3) is 10.1 Å². The highest BCUT2D eigenvalue weighted by Gasteiger charge is 2.16. The Kier molecular flexibility index (Phi) is 6.05. The Morgan fingerprint density at radius 2 is 2.25 bits per heavy atom. The summed E-state index contributed by atoms with van der Waals surface area (Å²) in [6.07, 6.45) is 4.61. The van der Waals surface area contributed by atoms with E-state index in [-0.39, 0.29) is 5.97 Å². The average Bonchev–Trinajstić information content (AvgIpc) is 3.01. The largest absolute Gasteiger partial charge is 0.461 e. The smallest absolute Gasteiger partial charge is 0.348 e. The van der Waals surface area contributed by atoms with Crippen LogP contribution in [0, 0.1) is 5.92 Å². The molecule has 2 rings (SSSR count). The monoisotopic (exact) mass is 374 g/mol. The molecule has 0 aliphatic heterocycles. The van der Waals surface area contributed by atoms with Crippen molar-refractivity contribution in [1.29, 1.82) is 0 Å². The second kappa shape index (κ2) is 7.57. The fraction of sp³-hybridized carbons (Fsp3) is 0.533. The summed E-state index contributed by atoms with van der Waals surface area (Å²) >= 11 is 6.66. The molecule has 0 spiro atoms. The van der Waals surface area contributed by atoms with Crippen molar-refractivity contribution in [3.8, 4) is 0 Å². The van der Waals surface area contributed by atoms with Crippen LogP contribution in [0.4, 0.5) is 0 Å². The molecule has 2 aromatic heterocycles. The Labute approximate surface area is 136 Å². The summed E-state index contributed by atoms with van der Waals surface area (Å²) in [6, 6.07) is 1.93. The van der Waals surface area contributed by atoms with E-state index in [4.69, 9.17) is 4.74 Å². The molecule has 0 saturated heterocycles. The van der Waals surface area contributed by atoms with E-state index < -0.39 is 0 Å². The molecule has 0 amide bonds. The van der Waals surface area contributed by atoms with Gasteiger partial charge in [0.05, 0.1) is 15.1 Å². The van der Waals surface area contributed by atoms with E-state index in [2.05, 4.69) is 35.2 Å². The van der Waals surface area contributed by atoms with Crippen LogP contribution >= 0.6 is 38.6 Å². The highest BCUT2D eigenvalue weighted by Crippen LogP contribution is 2.37. The molecule has 0 fully saturated rings. The number of unbranched alkanes of at least 4 members (excludes halogenated alkanes) is 1. The minimum Gasteiger partial charge on any atom is -0.461 e. The first-order valence-corrected chi connectivity index (χ1v) is 9.48. The maximum absolute atomic E-state index is 12.1. The minimum atomic E-state index is -0.182. The maximum atomic E-state index is 12.1. The van der Waals surface area contributed by atoms with Crippen LogP contribution in [0.1, 0.15) is 49.2 Å². The Bertz CT molecular complexity index is 573. The molecule has 0 aromatic carbocycles. The fourth-order valence-corrected chi connectivity index (χ4v) is 4.68. The van der Waals surface area contributed by atoms with Crippen LogP contribution in [0.15, 0.2) is 15.2 Å². The van der Waals surface area contributed by atoms with Crippen molar-refractivity contribution in [3.63, 3.8) is 0 Å². The van der Waals surface area contributed by atoms with Crippen molar-refractivity contribution in [2.45, 2.75) is 39.5 Å². The van der Waals surface area contributed by atoms with Gasteiger partial charge in [0.1, 0.15) is 4.88 Å². The van der Waals surface area contributed by atoms with Crippen LogP contribution in [-0.4, -0.2) is 12.6 Å². The minimum absolute atomic E-state index is 0.182. The summed E-state index contributed by atoms with van der Waals surface area (Å²) in [7, 11) is 0. The lowest BCUT2D eigenvalue weighted by molar-refractivity contribution is 0.0434. The molecule has 0 N–H and O–H groups in total. The number of hydrogen-bond donors (Lipinski definition) is 0. The quantitative estimate of drug-likeness (QED) is 0.547. The van der Waals surface area contributed by atoms with Crippen LogP contribution in [-0.2, 0) is 4.74 Å². The van der Waals surface area contributed by atoms with Gasteiger partial charge in [0.15, 0.2) is 0 Å². The lowest BCUT2D eigenvalue weighted by Gasteiger charge is -2.14. The van der Waals surface area contributed by atoms with Gasteiger partial charge in [-0.2, -0.15) is 0 Å². The van der Waals surface area contributed by atoms with Gasteiger partial charge in [-0.05, 0) is 34.3 Å². The highest BCUT2D eigenvalue weighted by molar-refractivity contribution is 9.11. The molecule has 0 aliphatic rings. The molecule has 0 saturated carbocycles. The number of ether oxygens (including phenoxy) is 1. The van der Waals surface area contributed by atoms with E-state index >= 15 is 0 Å². The lowest BCUT2D eigenvalue weighted by Crippen LogP contribution is -2.13. The molecule has 0 bridgehead atoms. The zero-order valence-corrected chi connectivity index (χ0v) is 15.0. The number of carbonyl (C=O) groups excluding carboxylic acids is 1. The van der Waals surface area contributed by atoms with Gasteiger partial charge in [0.2, 0.25) is 0 Å². The van der Waals surface area contributed by atoms with Gasteiger partial charge in [0, 0.05) is 10.8 Å². The highest BCUT2D eigenvalue weighted by atomic mass is 79.9. The maximum Gasteiger partial charge on any atom is 0.348 e. The number of fused-ring (bicyclic) bond motifs is 1. The summed E-state index contributed by atoms with van der Waals surface area (Å²) in [5.41, 5.74) is 0. The Balaban J connectivity index is 1.93. The van der Waals surface area contributed by atoms with Crippen LogP contribution in [0.3, 0.4) is 0 Å². The van der Waals surface area contributed by atoms with Crippen molar-refractivity contribution in [1.82, 2.24) is 0 Å². The number of hydrogen-bond acceptors (Lipinski definition) is 4. The number of rotatable bonds is 7. The number of esters is 1. The van der Waals surface area contributed by atoms with E-state index in [9.17, 15) is 4.79 Å². The molecule has 0 radical (unpaired) electrons. The second-order valence-corrected chi connectivity index (χ2v) is 8.17. The average molecular weight is 375 g/mol. The first kappa shape index (κ1) is 16.0. The second-order valence-electron chi connectivity index (χ2n) is 4.92. The normalized spacial score (nSPS) is 12.8. The summed E-state index contributed by atoms with van der Waals surface area (Å²) in [5, 5.41) is 3.18. The molecule has 2 nitrogen and oxygen atoms in total. The zero-order chi connectivity index (χ0) is 14.5. The predicted molar refractivity (Wildman–Crippen MR) is 91.0 cm³/mol. The van der Waals surface area contributed by atoms with Crippen molar-refractivity contribution in [2.75, 3.05) is 6.61 Å². The van der Waals surface area contributed by atoms with Gasteiger partial charge in [-0.25, -0.2) is 4.79 Å². The van der Waals surface area contributed by atoms with Crippen molar-refractivity contribution in [3.05, 3.63) is 20.1 Å². The third-order valence-electron chi connectivity index (χ3n) is 3.42. The third-order valence-corrected chi connectivity index (χ3v) is 6.70. The Morgan fingerprint density at radius 3 is 2.90 bits per heavy atom. The molecule has 5 heteroatoms. The van der Waals surface area contributed by atoms with Crippen molar-refractivity contribution < 1.29 is 9.53 Å². The summed E-state index contributed by atoms with van der Waals surface area (Å²) in [4.78, 5) is 12.8. The van der Waals surface area contributed by atoms with E-state index in [1.165, 1.54) is 24.2 Å². The standard InChI is InChI=1S/C15H19BrO2S2/c1-3-5-6-10(4-2)8-18-15(17)12-7-11-9-19-14(16)13(11)20-12/h7,9-10H,3-6,8H2,1-2H3. The summed E-state index contributed by atoms with van der Waals surface area (Å²) in [6.45, 7) is 4.89.